The molecule has 0 saturated carbocycles. The molecule has 0 saturated heterocycles. The number of rotatable bonds is 3. The average molecular weight is 345 g/mol. The largest absolute Gasteiger partial charge is 0.382 e. The lowest BCUT2D eigenvalue weighted by Gasteiger charge is -2.04. The normalized spacial score (nSPS) is 12.2. The van der Waals surface area contributed by atoms with Gasteiger partial charge >= 0.3 is 10.1 Å². The molecule has 0 unspecified atom stereocenters. The van der Waals surface area contributed by atoms with Crippen LogP contribution in [-0.4, -0.2) is 42.1 Å². The highest BCUT2D eigenvalue weighted by atomic mass is 32.2. The molecule has 3 N–H and O–H groups in total. The number of nitrogens with zero attached hydrogens (tertiary/aromatic N) is 6. The number of hydrogen-bond donors (Lipinski definition) is 2. The molecular weight excluding hydrogens is 334 g/mol. The predicted molar refractivity (Wildman–Crippen MR) is 83.8 cm³/mol. The van der Waals surface area contributed by atoms with Gasteiger partial charge in [-0.15, -0.1) is 10.2 Å². The lowest BCUT2D eigenvalue weighted by Crippen LogP contribution is -2.05. The van der Waals surface area contributed by atoms with Crippen molar-refractivity contribution in [3.63, 3.8) is 0 Å². The Hall–Kier alpha value is -3.05. The van der Waals surface area contributed by atoms with Crippen molar-refractivity contribution >= 4 is 32.9 Å². The molecule has 122 valence electrons. The first kappa shape index (κ1) is 14.5. The van der Waals surface area contributed by atoms with Crippen molar-refractivity contribution in [3.8, 4) is 0 Å². The van der Waals surface area contributed by atoms with E-state index in [9.17, 15) is 13.0 Å². The average Bonchev–Trinajstić information content (AvgIpc) is 3.08. The maximum Gasteiger partial charge on any atom is 0.331 e. The highest BCUT2D eigenvalue weighted by molar-refractivity contribution is 7.85. The van der Waals surface area contributed by atoms with Gasteiger partial charge in [0, 0.05) is 0 Å². The van der Waals surface area contributed by atoms with Crippen LogP contribution in [0, 0.1) is 0 Å². The van der Waals surface area contributed by atoms with Crippen LogP contribution in [0.2, 0.25) is 0 Å². The number of anilines is 1. The van der Waals surface area contributed by atoms with Gasteiger partial charge < -0.3 is 5.73 Å². The molecule has 0 amide bonds. The van der Waals surface area contributed by atoms with E-state index in [0.29, 0.717) is 12.2 Å². The fraction of sp³-hybridized carbons (Fsp3) is 0.0769. The Kier molecular flexibility index (Phi) is 3.01. The van der Waals surface area contributed by atoms with E-state index in [1.807, 2.05) is 30.3 Å². The van der Waals surface area contributed by atoms with Crippen LogP contribution in [0.4, 0.5) is 5.82 Å². The summed E-state index contributed by atoms with van der Waals surface area (Å²) in [4.78, 5) is 8.06. The Bertz CT molecular complexity index is 1160. The van der Waals surface area contributed by atoms with Gasteiger partial charge in [-0.05, 0) is 5.56 Å². The summed E-state index contributed by atoms with van der Waals surface area (Å²) in [6.45, 7) is 0.369. The minimum Gasteiger partial charge on any atom is -0.382 e. The number of hydrogen-bond acceptors (Lipinski definition) is 7. The van der Waals surface area contributed by atoms with Crippen LogP contribution in [0.5, 0.6) is 0 Å². The number of aromatic nitrogens is 6. The van der Waals surface area contributed by atoms with Crippen LogP contribution in [0.25, 0.3) is 16.9 Å². The number of fused-ring (bicyclic) bond motifs is 3. The van der Waals surface area contributed by atoms with Gasteiger partial charge in [-0.1, -0.05) is 30.3 Å². The van der Waals surface area contributed by atoms with Gasteiger partial charge in [-0.25, -0.2) is 14.4 Å². The lowest BCUT2D eigenvalue weighted by atomic mass is 10.2. The van der Waals surface area contributed by atoms with Crippen LogP contribution in [0.15, 0.2) is 41.8 Å². The van der Waals surface area contributed by atoms with E-state index in [2.05, 4.69) is 20.2 Å². The second kappa shape index (κ2) is 4.97. The van der Waals surface area contributed by atoms with E-state index in [1.165, 1.54) is 6.33 Å². The third kappa shape index (κ3) is 2.10. The first-order chi connectivity index (χ1) is 11.5. The summed E-state index contributed by atoms with van der Waals surface area (Å²) in [5.41, 5.74) is 7.45. The lowest BCUT2D eigenvalue weighted by molar-refractivity contribution is 0.473. The van der Waals surface area contributed by atoms with E-state index < -0.39 is 15.3 Å². The Morgan fingerprint density at radius 3 is 2.58 bits per heavy atom. The summed E-state index contributed by atoms with van der Waals surface area (Å²) < 4.78 is 35.3. The number of imidazole rings is 1. The summed E-state index contributed by atoms with van der Waals surface area (Å²) in [7, 11) is -4.59. The molecule has 1 aromatic carbocycles. The second-order valence-electron chi connectivity index (χ2n) is 5.10. The van der Waals surface area contributed by atoms with E-state index in [4.69, 9.17) is 5.73 Å². The maximum atomic E-state index is 11.6. The van der Waals surface area contributed by atoms with Crippen molar-refractivity contribution in [1.82, 2.24) is 29.1 Å². The van der Waals surface area contributed by atoms with Crippen LogP contribution in [-0.2, 0) is 16.7 Å². The highest BCUT2D eigenvalue weighted by Crippen LogP contribution is 2.25. The zero-order chi connectivity index (χ0) is 16.9. The Morgan fingerprint density at radius 2 is 1.88 bits per heavy atom. The van der Waals surface area contributed by atoms with E-state index >= 15 is 0 Å². The predicted octanol–water partition coefficient (Wildman–Crippen LogP) is 0.351. The second-order valence-corrected chi connectivity index (χ2v) is 6.41. The van der Waals surface area contributed by atoms with Crippen molar-refractivity contribution < 1.29 is 13.0 Å². The highest BCUT2D eigenvalue weighted by Gasteiger charge is 2.26. The molecule has 10 nitrogen and oxygen atoms in total. The van der Waals surface area contributed by atoms with E-state index in [0.717, 1.165) is 9.96 Å². The van der Waals surface area contributed by atoms with Gasteiger partial charge in [0.25, 0.3) is 5.16 Å². The van der Waals surface area contributed by atoms with Crippen molar-refractivity contribution in [3.05, 3.63) is 42.2 Å². The fourth-order valence-corrected chi connectivity index (χ4v) is 3.15. The number of nitrogens with two attached hydrogens (primary N) is 1. The monoisotopic (exact) mass is 345 g/mol. The number of nitrogen functional groups attached to an aromatic ring is 1. The first-order valence-corrected chi connectivity index (χ1v) is 8.26. The number of benzene rings is 1. The van der Waals surface area contributed by atoms with Gasteiger partial charge in [0.2, 0.25) is 5.78 Å². The van der Waals surface area contributed by atoms with E-state index in [1.54, 1.807) is 4.57 Å². The summed E-state index contributed by atoms with van der Waals surface area (Å²) in [6, 6.07) is 9.48. The molecule has 4 aromatic rings. The summed E-state index contributed by atoms with van der Waals surface area (Å²) in [5, 5.41) is 6.81. The van der Waals surface area contributed by atoms with Crippen LogP contribution in [0.1, 0.15) is 5.56 Å². The third-order valence-corrected chi connectivity index (χ3v) is 4.31. The Balaban J connectivity index is 2.09. The molecule has 0 aliphatic rings. The van der Waals surface area contributed by atoms with Gasteiger partial charge in [0.15, 0.2) is 11.5 Å². The summed E-state index contributed by atoms with van der Waals surface area (Å²) in [6.07, 6.45) is 1.28. The first-order valence-electron chi connectivity index (χ1n) is 6.82. The summed E-state index contributed by atoms with van der Waals surface area (Å²) >= 11 is 0. The standard InChI is InChI=1S/C13H11N7O3S/c14-10-9-11(16-7-15-10)19(6-8-4-2-1-3-5-8)12-17-18-13(20(9)12)24(21,22)23/h1-5,7H,6H2,(H2,14,15,16)(H,21,22,23). The third-order valence-electron chi connectivity index (χ3n) is 3.58. The molecule has 11 heteroatoms. The van der Waals surface area contributed by atoms with Gasteiger partial charge in [0.05, 0.1) is 6.54 Å². The Morgan fingerprint density at radius 1 is 1.12 bits per heavy atom. The SMILES string of the molecule is Nc1ncnc2c1n1c(S(=O)(=O)O)nnc1n2Cc1ccccc1. The molecule has 0 aliphatic carbocycles. The maximum absolute atomic E-state index is 11.6. The Labute approximate surface area is 135 Å². The molecule has 3 aromatic heterocycles. The minimum absolute atomic E-state index is 0.0570. The molecular formula is C13H11N7O3S. The zero-order valence-electron chi connectivity index (χ0n) is 12.1. The van der Waals surface area contributed by atoms with Gasteiger partial charge in [-0.3, -0.25) is 9.12 Å². The van der Waals surface area contributed by atoms with Gasteiger partial charge in [0.1, 0.15) is 11.8 Å². The molecule has 0 spiro atoms. The van der Waals surface area contributed by atoms with E-state index in [-0.39, 0.29) is 17.1 Å². The molecule has 0 bridgehead atoms. The topological polar surface area (TPSA) is 141 Å². The molecule has 0 atom stereocenters. The quantitative estimate of drug-likeness (QED) is 0.507. The molecule has 0 aliphatic heterocycles. The molecule has 0 fully saturated rings. The molecule has 0 radical (unpaired) electrons. The van der Waals surface area contributed by atoms with Crippen LogP contribution >= 0.6 is 0 Å². The molecule has 3 heterocycles. The van der Waals surface area contributed by atoms with Crippen molar-refractivity contribution in [2.75, 3.05) is 5.73 Å². The summed E-state index contributed by atoms with van der Waals surface area (Å²) in [5.74, 6) is 0.246. The van der Waals surface area contributed by atoms with Crippen LogP contribution < -0.4 is 5.73 Å². The molecule has 4 rings (SSSR count). The van der Waals surface area contributed by atoms with Crippen LogP contribution in [0.3, 0.4) is 0 Å². The molecule has 24 heavy (non-hydrogen) atoms. The smallest absolute Gasteiger partial charge is 0.331 e. The van der Waals surface area contributed by atoms with Crippen molar-refractivity contribution in [1.29, 1.82) is 0 Å². The minimum atomic E-state index is -4.59. The van der Waals surface area contributed by atoms with Crippen molar-refractivity contribution in [2.24, 2.45) is 0 Å². The van der Waals surface area contributed by atoms with Gasteiger partial charge in [-0.2, -0.15) is 8.42 Å². The fourth-order valence-electron chi connectivity index (χ4n) is 2.60. The van der Waals surface area contributed by atoms with Crippen molar-refractivity contribution in [2.45, 2.75) is 11.7 Å². The zero-order valence-corrected chi connectivity index (χ0v) is 12.9.